The lowest BCUT2D eigenvalue weighted by molar-refractivity contribution is -0.00832. The number of likely N-dealkylation sites (N-methyl/N-ethyl adjacent to an activating group) is 1. The first-order chi connectivity index (χ1) is 20.3. The lowest BCUT2D eigenvalue weighted by Crippen LogP contribution is -2.48. The molecule has 3 amide bonds. The van der Waals surface area contributed by atoms with Gasteiger partial charge in [-0.15, -0.1) is 11.3 Å². The van der Waals surface area contributed by atoms with Gasteiger partial charge in [0.05, 0.1) is 30.4 Å². The van der Waals surface area contributed by atoms with Gasteiger partial charge in [-0.1, -0.05) is 13.0 Å². The van der Waals surface area contributed by atoms with E-state index in [1.54, 1.807) is 47.5 Å². The normalized spacial score (nSPS) is 21.6. The van der Waals surface area contributed by atoms with E-state index in [1.165, 1.54) is 11.4 Å². The largest absolute Gasteiger partial charge is 0.490 e. The number of aliphatic hydroxyl groups excluding tert-OH is 1. The van der Waals surface area contributed by atoms with Crippen LogP contribution in [-0.2, 0) is 14.8 Å². The van der Waals surface area contributed by atoms with Gasteiger partial charge < -0.3 is 30.1 Å². The van der Waals surface area contributed by atoms with Gasteiger partial charge >= 0.3 is 6.03 Å². The summed E-state index contributed by atoms with van der Waals surface area (Å²) in [6.45, 7) is 9.75. The SMILES string of the molecule is CC(C)NC(=O)Nc1ccc2c(c1)C(=O)N([C@H](C)CO)C[C@@H](C)[C@@H](CN(C)S(=O)(=O)c1cccs1)OCCCC[C@@H](C)O2. The van der Waals surface area contributed by atoms with Crippen molar-refractivity contribution >= 4 is 39.0 Å². The van der Waals surface area contributed by atoms with Crippen LogP contribution in [0.1, 0.15) is 64.2 Å². The molecule has 0 saturated carbocycles. The van der Waals surface area contributed by atoms with Gasteiger partial charge in [0.2, 0.25) is 0 Å². The highest BCUT2D eigenvalue weighted by molar-refractivity contribution is 7.91. The molecule has 3 N–H and O–H groups in total. The van der Waals surface area contributed by atoms with Crippen molar-refractivity contribution in [3.63, 3.8) is 0 Å². The smallest absolute Gasteiger partial charge is 0.319 e. The third kappa shape index (κ3) is 9.64. The molecule has 1 aliphatic heterocycles. The molecule has 1 aromatic heterocycles. The van der Waals surface area contributed by atoms with Crippen LogP contribution in [0.25, 0.3) is 0 Å². The van der Waals surface area contributed by atoms with Gasteiger partial charge in [0, 0.05) is 44.4 Å². The van der Waals surface area contributed by atoms with Crippen LogP contribution in [0.5, 0.6) is 5.75 Å². The average molecular weight is 639 g/mol. The van der Waals surface area contributed by atoms with E-state index in [4.69, 9.17) is 9.47 Å². The minimum absolute atomic E-state index is 0.0694. The van der Waals surface area contributed by atoms with Crippen LogP contribution in [0.4, 0.5) is 10.5 Å². The Morgan fingerprint density at radius 1 is 1.21 bits per heavy atom. The molecule has 43 heavy (non-hydrogen) atoms. The average Bonchev–Trinajstić information content (AvgIpc) is 3.50. The number of ether oxygens (including phenoxy) is 2. The molecule has 0 bridgehead atoms. The number of sulfonamides is 1. The van der Waals surface area contributed by atoms with Gasteiger partial charge in [0.25, 0.3) is 15.9 Å². The van der Waals surface area contributed by atoms with E-state index < -0.39 is 28.2 Å². The maximum Gasteiger partial charge on any atom is 0.319 e. The summed E-state index contributed by atoms with van der Waals surface area (Å²) in [7, 11) is -2.16. The van der Waals surface area contributed by atoms with Crippen molar-refractivity contribution in [1.29, 1.82) is 0 Å². The van der Waals surface area contributed by atoms with Crippen LogP contribution in [-0.4, -0.2) is 92.3 Å². The van der Waals surface area contributed by atoms with Crippen LogP contribution in [0.3, 0.4) is 0 Å². The molecule has 2 heterocycles. The zero-order valence-corrected chi connectivity index (χ0v) is 27.5. The minimum atomic E-state index is -3.70. The van der Waals surface area contributed by atoms with Crippen LogP contribution in [0.15, 0.2) is 39.9 Å². The number of aliphatic hydroxyl groups is 1. The number of amides is 3. The van der Waals surface area contributed by atoms with Crippen LogP contribution >= 0.6 is 11.3 Å². The number of hydrogen-bond donors (Lipinski definition) is 3. The van der Waals surface area contributed by atoms with Crippen molar-refractivity contribution in [2.45, 2.75) is 82.4 Å². The highest BCUT2D eigenvalue weighted by Crippen LogP contribution is 2.29. The Kier molecular flexibility index (Phi) is 12.8. The summed E-state index contributed by atoms with van der Waals surface area (Å²) in [5.41, 5.74) is 0.683. The standard InChI is InChI=1S/C30H46N4O7S2/c1-20(2)31-30(37)32-24-12-13-26-25(16-24)29(36)34(22(4)19-35)17-21(3)27(40-14-8-7-10-23(5)41-26)18-33(6)43(38,39)28-11-9-15-42-28/h9,11-13,15-16,20-23,27,35H,7-8,10,14,17-19H2,1-6H3,(H2,31,32,37)/t21-,22-,23-,27-/m1/s1. The van der Waals surface area contributed by atoms with Gasteiger partial charge in [-0.2, -0.15) is 4.31 Å². The number of benzene rings is 1. The molecule has 240 valence electrons. The molecule has 0 spiro atoms. The molecule has 2 aromatic rings. The topological polar surface area (TPSA) is 138 Å². The Balaban J connectivity index is 1.96. The first-order valence-corrected chi connectivity index (χ1v) is 17.1. The number of hydrogen-bond acceptors (Lipinski definition) is 8. The van der Waals surface area contributed by atoms with E-state index in [9.17, 15) is 23.1 Å². The maximum absolute atomic E-state index is 14.2. The Morgan fingerprint density at radius 2 is 1.95 bits per heavy atom. The second kappa shape index (κ2) is 15.8. The number of rotatable bonds is 8. The molecule has 1 aliphatic rings. The highest BCUT2D eigenvalue weighted by Gasteiger charge is 2.32. The first kappa shape index (κ1) is 34.8. The summed E-state index contributed by atoms with van der Waals surface area (Å²) in [5, 5.41) is 17.4. The predicted octanol–water partition coefficient (Wildman–Crippen LogP) is 4.39. The second-order valence-electron chi connectivity index (χ2n) is 11.5. The van der Waals surface area contributed by atoms with E-state index in [2.05, 4.69) is 10.6 Å². The molecular formula is C30H46N4O7S2. The van der Waals surface area contributed by atoms with Crippen molar-refractivity contribution in [1.82, 2.24) is 14.5 Å². The monoisotopic (exact) mass is 638 g/mol. The lowest BCUT2D eigenvalue weighted by Gasteiger charge is -2.35. The summed E-state index contributed by atoms with van der Waals surface area (Å²) < 4.78 is 40.4. The molecule has 4 atom stereocenters. The molecule has 0 radical (unpaired) electrons. The maximum atomic E-state index is 14.2. The third-order valence-corrected chi connectivity index (χ3v) is 10.5. The third-order valence-electron chi connectivity index (χ3n) is 7.33. The van der Waals surface area contributed by atoms with E-state index in [0.717, 1.165) is 30.6 Å². The number of anilines is 1. The molecular weight excluding hydrogens is 592 g/mol. The Hall–Kier alpha value is -2.71. The van der Waals surface area contributed by atoms with Gasteiger partial charge in [-0.3, -0.25) is 4.79 Å². The molecule has 0 saturated heterocycles. The molecule has 13 heteroatoms. The fourth-order valence-electron chi connectivity index (χ4n) is 4.81. The quantitative estimate of drug-likeness (QED) is 0.390. The number of carbonyl (C=O) groups excluding carboxylic acids is 2. The van der Waals surface area contributed by atoms with Crippen molar-refractivity contribution in [3.05, 3.63) is 41.3 Å². The summed E-state index contributed by atoms with van der Waals surface area (Å²) in [4.78, 5) is 28.1. The van der Waals surface area contributed by atoms with Crippen molar-refractivity contribution in [2.24, 2.45) is 5.92 Å². The number of carbonyl (C=O) groups is 2. The van der Waals surface area contributed by atoms with Gasteiger partial charge in [-0.05, 0) is 76.6 Å². The van der Waals surface area contributed by atoms with Crippen LogP contribution < -0.4 is 15.4 Å². The molecule has 3 rings (SSSR count). The zero-order chi connectivity index (χ0) is 31.7. The number of thiophene rings is 1. The van der Waals surface area contributed by atoms with Crippen molar-refractivity contribution in [3.8, 4) is 5.75 Å². The Labute approximate surface area is 259 Å². The molecule has 11 nitrogen and oxygen atoms in total. The summed E-state index contributed by atoms with van der Waals surface area (Å²) >= 11 is 1.16. The van der Waals surface area contributed by atoms with E-state index in [1.807, 2.05) is 27.7 Å². The number of fused-ring (bicyclic) bond motifs is 1. The van der Waals surface area contributed by atoms with Crippen LogP contribution in [0, 0.1) is 5.92 Å². The summed E-state index contributed by atoms with van der Waals surface area (Å²) in [6.07, 6.45) is 1.59. The van der Waals surface area contributed by atoms with Gasteiger partial charge in [0.1, 0.15) is 9.96 Å². The fourth-order valence-corrected chi connectivity index (χ4v) is 7.19. The summed E-state index contributed by atoms with van der Waals surface area (Å²) in [6, 6.07) is 7.23. The molecule has 0 fully saturated rings. The number of nitrogens with zero attached hydrogens (tertiary/aromatic N) is 2. The zero-order valence-electron chi connectivity index (χ0n) is 25.9. The number of urea groups is 1. The van der Waals surface area contributed by atoms with Gasteiger partial charge in [-0.25, -0.2) is 13.2 Å². The Bertz CT molecular complexity index is 1300. The van der Waals surface area contributed by atoms with Crippen molar-refractivity contribution in [2.75, 3.05) is 38.7 Å². The molecule has 0 aliphatic carbocycles. The lowest BCUT2D eigenvalue weighted by atomic mass is 10.0. The van der Waals surface area contributed by atoms with E-state index in [-0.39, 0.29) is 53.4 Å². The Morgan fingerprint density at radius 3 is 2.60 bits per heavy atom. The van der Waals surface area contributed by atoms with E-state index >= 15 is 0 Å². The minimum Gasteiger partial charge on any atom is -0.490 e. The highest BCUT2D eigenvalue weighted by atomic mass is 32.2. The molecule has 1 aromatic carbocycles. The second-order valence-corrected chi connectivity index (χ2v) is 14.7. The van der Waals surface area contributed by atoms with Crippen molar-refractivity contribution < 1.29 is 32.6 Å². The van der Waals surface area contributed by atoms with Gasteiger partial charge in [0.15, 0.2) is 0 Å². The number of nitrogens with one attached hydrogen (secondary N) is 2. The summed E-state index contributed by atoms with van der Waals surface area (Å²) in [5.74, 6) is -0.274. The fraction of sp³-hybridized carbons (Fsp3) is 0.600. The molecule has 0 unspecified atom stereocenters. The van der Waals surface area contributed by atoms with Crippen LogP contribution in [0.2, 0.25) is 0 Å². The predicted molar refractivity (Wildman–Crippen MR) is 168 cm³/mol. The van der Waals surface area contributed by atoms with E-state index in [0.29, 0.717) is 18.0 Å². The first-order valence-electron chi connectivity index (χ1n) is 14.7.